The van der Waals surface area contributed by atoms with Gasteiger partial charge in [-0.1, -0.05) is 11.6 Å². The van der Waals surface area contributed by atoms with Crippen LogP contribution >= 0.6 is 11.6 Å². The maximum absolute atomic E-state index is 5.82. The molecule has 2 nitrogen and oxygen atoms in total. The molecule has 0 atom stereocenters. The van der Waals surface area contributed by atoms with E-state index in [2.05, 4.69) is 10.3 Å². The van der Waals surface area contributed by atoms with E-state index in [9.17, 15) is 0 Å². The quantitative estimate of drug-likeness (QED) is 0.571. The highest BCUT2D eigenvalue weighted by molar-refractivity contribution is 6.30. The van der Waals surface area contributed by atoms with Gasteiger partial charge in [-0.05, 0) is 11.6 Å². The molecule has 0 amide bonds. The number of aromatic nitrogens is 1. The number of halogens is 1. The number of hydrogen-bond acceptors (Lipinski definition) is 2. The molecular weight excluding hydrogens is 148 g/mol. The van der Waals surface area contributed by atoms with Gasteiger partial charge in [0.05, 0.1) is 0 Å². The van der Waals surface area contributed by atoms with E-state index in [1.807, 2.05) is 6.07 Å². The lowest BCUT2D eigenvalue weighted by Crippen LogP contribution is -2.00. The van der Waals surface area contributed by atoms with Crippen molar-refractivity contribution in [2.75, 3.05) is 0 Å². The van der Waals surface area contributed by atoms with E-state index in [0.29, 0.717) is 5.15 Å². The third-order valence-corrected chi connectivity index (χ3v) is 2.04. The van der Waals surface area contributed by atoms with Crippen molar-refractivity contribution >= 4 is 11.6 Å². The summed E-state index contributed by atoms with van der Waals surface area (Å²) in [4.78, 5) is 3.98. The van der Waals surface area contributed by atoms with Gasteiger partial charge in [0.15, 0.2) is 0 Å². The highest BCUT2D eigenvalue weighted by atomic mass is 35.5. The Hall–Kier alpha value is -0.600. The normalized spacial score (nSPS) is 15.3. The van der Waals surface area contributed by atoms with Gasteiger partial charge in [0.1, 0.15) is 5.15 Å². The van der Waals surface area contributed by atoms with Gasteiger partial charge in [-0.2, -0.15) is 0 Å². The average molecular weight is 155 g/mol. The van der Waals surface area contributed by atoms with Crippen LogP contribution in [0.25, 0.3) is 0 Å². The minimum absolute atomic E-state index is 0.641. The van der Waals surface area contributed by atoms with Crippen molar-refractivity contribution in [3.8, 4) is 0 Å². The van der Waals surface area contributed by atoms with Crippen LogP contribution in [0.2, 0.25) is 5.15 Å². The molecule has 10 heavy (non-hydrogen) atoms. The summed E-state index contributed by atoms with van der Waals surface area (Å²) in [5.41, 5.74) is 2.43. The second kappa shape index (κ2) is 2.22. The van der Waals surface area contributed by atoms with E-state index in [1.54, 1.807) is 6.20 Å². The fourth-order valence-electron chi connectivity index (χ4n) is 1.18. The molecule has 0 aromatic carbocycles. The van der Waals surface area contributed by atoms with Crippen molar-refractivity contribution in [3.63, 3.8) is 0 Å². The number of rotatable bonds is 0. The van der Waals surface area contributed by atoms with Crippen LogP contribution in [0, 0.1) is 0 Å². The predicted molar refractivity (Wildman–Crippen MR) is 39.8 cm³/mol. The number of nitrogens with one attached hydrogen (secondary N) is 1. The van der Waals surface area contributed by atoms with E-state index in [0.717, 1.165) is 18.7 Å². The summed E-state index contributed by atoms with van der Waals surface area (Å²) >= 11 is 5.82. The Morgan fingerprint density at radius 3 is 3.20 bits per heavy atom. The van der Waals surface area contributed by atoms with E-state index in [4.69, 9.17) is 11.6 Å². The molecule has 0 spiro atoms. The topological polar surface area (TPSA) is 24.9 Å². The number of nitrogens with zero attached hydrogens (tertiary/aromatic N) is 1. The Balaban J connectivity index is 2.59. The molecule has 1 aliphatic heterocycles. The highest BCUT2D eigenvalue weighted by Gasteiger charge is 2.12. The summed E-state index contributed by atoms with van der Waals surface area (Å²) in [6.45, 7) is 1.79. The standard InChI is InChI=1S/C7H7ClN2/c8-7-6-4-9-3-5(6)1-2-10-7/h1-2,9H,3-4H2. The van der Waals surface area contributed by atoms with Crippen molar-refractivity contribution < 1.29 is 0 Å². The Bertz CT molecular complexity index is 260. The summed E-state index contributed by atoms with van der Waals surface area (Å²) in [5, 5.41) is 3.85. The van der Waals surface area contributed by atoms with Gasteiger partial charge in [-0.3, -0.25) is 0 Å². The number of hydrogen-bond donors (Lipinski definition) is 1. The lowest BCUT2D eigenvalue weighted by atomic mass is 10.2. The zero-order valence-corrected chi connectivity index (χ0v) is 6.15. The molecule has 3 heteroatoms. The van der Waals surface area contributed by atoms with Crippen LogP contribution in [0.4, 0.5) is 0 Å². The molecule has 1 aromatic heterocycles. The summed E-state index contributed by atoms with van der Waals surface area (Å²) in [6.07, 6.45) is 1.74. The first-order valence-electron chi connectivity index (χ1n) is 3.21. The highest BCUT2D eigenvalue weighted by Crippen LogP contribution is 2.20. The van der Waals surface area contributed by atoms with Gasteiger partial charge in [0.2, 0.25) is 0 Å². The van der Waals surface area contributed by atoms with Gasteiger partial charge in [0, 0.05) is 24.8 Å². The van der Waals surface area contributed by atoms with E-state index in [-0.39, 0.29) is 0 Å². The molecule has 0 unspecified atom stereocenters. The Morgan fingerprint density at radius 1 is 1.50 bits per heavy atom. The van der Waals surface area contributed by atoms with Crippen LogP contribution < -0.4 is 5.32 Å². The second-order valence-electron chi connectivity index (χ2n) is 2.34. The summed E-state index contributed by atoms with van der Waals surface area (Å²) in [7, 11) is 0. The Morgan fingerprint density at radius 2 is 2.40 bits per heavy atom. The van der Waals surface area contributed by atoms with Crippen LogP contribution in [0.5, 0.6) is 0 Å². The minimum atomic E-state index is 0.641. The van der Waals surface area contributed by atoms with E-state index >= 15 is 0 Å². The van der Waals surface area contributed by atoms with Crippen molar-refractivity contribution in [1.82, 2.24) is 10.3 Å². The first-order chi connectivity index (χ1) is 4.88. The first kappa shape index (κ1) is 6.13. The molecule has 0 saturated heterocycles. The van der Waals surface area contributed by atoms with Gasteiger partial charge in [-0.25, -0.2) is 4.98 Å². The second-order valence-corrected chi connectivity index (χ2v) is 2.70. The number of fused-ring (bicyclic) bond motifs is 1. The van der Waals surface area contributed by atoms with Crippen molar-refractivity contribution in [1.29, 1.82) is 0 Å². The van der Waals surface area contributed by atoms with Gasteiger partial charge >= 0.3 is 0 Å². The van der Waals surface area contributed by atoms with Crippen molar-refractivity contribution in [2.45, 2.75) is 13.1 Å². The molecule has 1 aromatic rings. The van der Waals surface area contributed by atoms with E-state index in [1.165, 1.54) is 5.56 Å². The maximum Gasteiger partial charge on any atom is 0.133 e. The fourth-order valence-corrected chi connectivity index (χ4v) is 1.42. The first-order valence-corrected chi connectivity index (χ1v) is 3.58. The predicted octanol–water partition coefficient (Wildman–Crippen LogP) is 1.34. The van der Waals surface area contributed by atoms with Gasteiger partial charge < -0.3 is 5.32 Å². The number of pyridine rings is 1. The lowest BCUT2D eigenvalue weighted by molar-refractivity contribution is 0.764. The van der Waals surface area contributed by atoms with Gasteiger partial charge in [0.25, 0.3) is 0 Å². The average Bonchev–Trinajstić information content (AvgIpc) is 2.36. The molecule has 0 bridgehead atoms. The van der Waals surface area contributed by atoms with Crippen LogP contribution in [-0.4, -0.2) is 4.98 Å². The summed E-state index contributed by atoms with van der Waals surface area (Å²) in [5.74, 6) is 0. The molecule has 2 heterocycles. The summed E-state index contributed by atoms with van der Waals surface area (Å²) < 4.78 is 0. The SMILES string of the molecule is Clc1nccc2c1CNC2. The summed E-state index contributed by atoms with van der Waals surface area (Å²) in [6, 6.07) is 2.00. The smallest absolute Gasteiger partial charge is 0.133 e. The maximum atomic E-state index is 5.82. The van der Waals surface area contributed by atoms with Crippen LogP contribution in [0.15, 0.2) is 12.3 Å². The fraction of sp³-hybridized carbons (Fsp3) is 0.286. The molecule has 0 aliphatic carbocycles. The zero-order valence-electron chi connectivity index (χ0n) is 5.39. The van der Waals surface area contributed by atoms with Gasteiger partial charge in [-0.15, -0.1) is 0 Å². The third-order valence-electron chi connectivity index (χ3n) is 1.72. The van der Waals surface area contributed by atoms with Crippen LogP contribution in [-0.2, 0) is 13.1 Å². The largest absolute Gasteiger partial charge is 0.308 e. The molecule has 0 fully saturated rings. The molecule has 0 radical (unpaired) electrons. The minimum Gasteiger partial charge on any atom is -0.308 e. The van der Waals surface area contributed by atoms with Crippen LogP contribution in [0.1, 0.15) is 11.1 Å². The van der Waals surface area contributed by atoms with Crippen molar-refractivity contribution in [2.24, 2.45) is 0 Å². The lowest BCUT2D eigenvalue weighted by Gasteiger charge is -1.96. The molecule has 52 valence electrons. The van der Waals surface area contributed by atoms with Crippen LogP contribution in [0.3, 0.4) is 0 Å². The molecule has 1 aliphatic rings. The molecule has 2 rings (SSSR count). The molecular formula is C7H7ClN2. The van der Waals surface area contributed by atoms with E-state index < -0.39 is 0 Å². The Kier molecular flexibility index (Phi) is 1.36. The zero-order chi connectivity index (χ0) is 6.97. The molecule has 0 saturated carbocycles. The van der Waals surface area contributed by atoms with Crippen molar-refractivity contribution in [3.05, 3.63) is 28.5 Å². The Labute approximate surface area is 64.2 Å². The third kappa shape index (κ3) is 0.805. The molecule has 1 N–H and O–H groups in total. The monoisotopic (exact) mass is 154 g/mol.